The van der Waals surface area contributed by atoms with Crippen molar-refractivity contribution in [3.8, 4) is 5.75 Å². The number of alkyl halides is 3. The summed E-state index contributed by atoms with van der Waals surface area (Å²) in [6.45, 7) is 0. The van der Waals surface area contributed by atoms with Crippen LogP contribution in [-0.4, -0.2) is 10.9 Å². The Labute approximate surface area is 117 Å². The number of ketones is 1. The predicted octanol–water partition coefficient (Wildman–Crippen LogP) is 3.98. The average Bonchev–Trinajstić information content (AvgIpc) is 2.40. The van der Waals surface area contributed by atoms with Crippen molar-refractivity contribution in [1.29, 1.82) is 0 Å². The van der Waals surface area contributed by atoms with E-state index in [0.717, 1.165) is 12.1 Å². The molecule has 2 aromatic carbocycles. The summed E-state index contributed by atoms with van der Waals surface area (Å²) in [7, 11) is 0. The summed E-state index contributed by atoms with van der Waals surface area (Å²) in [6.07, 6.45) is -5.10. The Kier molecular flexibility index (Phi) is 3.97. The summed E-state index contributed by atoms with van der Waals surface area (Å²) in [5, 5.41) is 9.11. The second-order valence-electron chi connectivity index (χ2n) is 4.43. The van der Waals surface area contributed by atoms with Crippen LogP contribution in [0.3, 0.4) is 0 Å². The van der Waals surface area contributed by atoms with Gasteiger partial charge in [-0.15, -0.1) is 0 Å². The first-order chi connectivity index (χ1) is 9.79. The molecule has 0 saturated carbocycles. The standard InChI is InChI=1S/C15H10F4O2/c16-14-11(2-1-3-12(14)15(17,18)19)13(21)8-9-4-6-10(20)7-5-9/h1-7,20H,8H2. The monoisotopic (exact) mass is 298 g/mol. The largest absolute Gasteiger partial charge is 0.508 e. The second kappa shape index (κ2) is 5.55. The van der Waals surface area contributed by atoms with Gasteiger partial charge in [0, 0.05) is 6.42 Å². The molecule has 0 aromatic heterocycles. The molecule has 0 amide bonds. The van der Waals surface area contributed by atoms with Crippen LogP contribution in [-0.2, 0) is 12.6 Å². The Balaban J connectivity index is 2.30. The van der Waals surface area contributed by atoms with E-state index in [1.807, 2.05) is 0 Å². The molecule has 21 heavy (non-hydrogen) atoms. The highest BCUT2D eigenvalue weighted by molar-refractivity contribution is 5.98. The zero-order valence-corrected chi connectivity index (χ0v) is 10.6. The van der Waals surface area contributed by atoms with Crippen molar-refractivity contribution in [3.63, 3.8) is 0 Å². The Morgan fingerprint density at radius 1 is 1.05 bits per heavy atom. The summed E-state index contributed by atoms with van der Waals surface area (Å²) in [5.41, 5.74) is -1.59. The van der Waals surface area contributed by atoms with E-state index in [-0.39, 0.29) is 12.2 Å². The first-order valence-corrected chi connectivity index (χ1v) is 5.96. The summed E-state index contributed by atoms with van der Waals surface area (Å²) in [6, 6.07) is 8.17. The van der Waals surface area contributed by atoms with Crippen LogP contribution in [0.15, 0.2) is 42.5 Å². The maximum absolute atomic E-state index is 13.8. The topological polar surface area (TPSA) is 37.3 Å². The van der Waals surface area contributed by atoms with Gasteiger partial charge in [0.2, 0.25) is 0 Å². The smallest absolute Gasteiger partial charge is 0.419 e. The lowest BCUT2D eigenvalue weighted by molar-refractivity contribution is -0.140. The second-order valence-corrected chi connectivity index (χ2v) is 4.43. The Bertz CT molecular complexity index is 660. The van der Waals surface area contributed by atoms with Crippen molar-refractivity contribution in [1.82, 2.24) is 0 Å². The molecule has 0 atom stereocenters. The summed E-state index contributed by atoms with van der Waals surface area (Å²) >= 11 is 0. The Morgan fingerprint density at radius 2 is 1.67 bits per heavy atom. The van der Waals surface area contributed by atoms with E-state index in [1.165, 1.54) is 24.3 Å². The third kappa shape index (κ3) is 3.39. The molecule has 2 nitrogen and oxygen atoms in total. The van der Waals surface area contributed by atoms with Crippen molar-refractivity contribution in [2.24, 2.45) is 0 Å². The molecule has 0 fully saturated rings. The van der Waals surface area contributed by atoms with Gasteiger partial charge in [-0.2, -0.15) is 13.2 Å². The number of phenolic OH excluding ortho intramolecular Hbond substituents is 1. The molecule has 0 radical (unpaired) electrons. The predicted molar refractivity (Wildman–Crippen MR) is 67.5 cm³/mol. The molecule has 0 aliphatic rings. The van der Waals surface area contributed by atoms with Crippen LogP contribution >= 0.6 is 0 Å². The van der Waals surface area contributed by atoms with Crippen molar-refractivity contribution in [2.75, 3.05) is 0 Å². The normalized spacial score (nSPS) is 11.4. The van der Waals surface area contributed by atoms with E-state index < -0.39 is 28.9 Å². The first-order valence-electron chi connectivity index (χ1n) is 5.96. The minimum atomic E-state index is -4.85. The number of carbonyl (C=O) groups is 1. The number of carbonyl (C=O) groups excluding carboxylic acids is 1. The molecule has 2 rings (SSSR count). The summed E-state index contributed by atoms with van der Waals surface area (Å²) < 4.78 is 51.6. The highest BCUT2D eigenvalue weighted by Crippen LogP contribution is 2.32. The van der Waals surface area contributed by atoms with Gasteiger partial charge in [-0.3, -0.25) is 4.79 Å². The molecule has 0 aliphatic heterocycles. The fourth-order valence-corrected chi connectivity index (χ4v) is 1.86. The fraction of sp³-hybridized carbons (Fsp3) is 0.133. The highest BCUT2D eigenvalue weighted by atomic mass is 19.4. The lowest BCUT2D eigenvalue weighted by Gasteiger charge is -2.10. The Morgan fingerprint density at radius 3 is 2.24 bits per heavy atom. The molecule has 0 aliphatic carbocycles. The van der Waals surface area contributed by atoms with Gasteiger partial charge in [0.15, 0.2) is 5.78 Å². The zero-order chi connectivity index (χ0) is 15.6. The summed E-state index contributed by atoms with van der Waals surface area (Å²) in [4.78, 5) is 11.9. The molecule has 2 aromatic rings. The van der Waals surface area contributed by atoms with Crippen LogP contribution in [0.4, 0.5) is 17.6 Å². The van der Waals surface area contributed by atoms with Gasteiger partial charge in [0.25, 0.3) is 0 Å². The van der Waals surface area contributed by atoms with Crippen LogP contribution in [0.2, 0.25) is 0 Å². The van der Waals surface area contributed by atoms with Gasteiger partial charge < -0.3 is 5.11 Å². The highest BCUT2D eigenvalue weighted by Gasteiger charge is 2.35. The number of phenols is 1. The molecule has 110 valence electrons. The molecular weight excluding hydrogens is 288 g/mol. The van der Waals surface area contributed by atoms with E-state index in [9.17, 15) is 22.4 Å². The van der Waals surface area contributed by atoms with Gasteiger partial charge in [-0.05, 0) is 29.8 Å². The number of Topliss-reactive ketones (excluding diaryl/α,β-unsaturated/α-hetero) is 1. The molecule has 0 heterocycles. The minimum absolute atomic E-state index is 0.00329. The number of benzene rings is 2. The van der Waals surface area contributed by atoms with Gasteiger partial charge in [0.1, 0.15) is 11.6 Å². The first kappa shape index (κ1) is 15.0. The number of hydrogen-bond acceptors (Lipinski definition) is 2. The van der Waals surface area contributed by atoms with Gasteiger partial charge >= 0.3 is 6.18 Å². The SMILES string of the molecule is O=C(Cc1ccc(O)cc1)c1cccc(C(F)(F)F)c1F. The van der Waals surface area contributed by atoms with Crippen LogP contribution in [0, 0.1) is 5.82 Å². The number of aromatic hydroxyl groups is 1. The van der Waals surface area contributed by atoms with Gasteiger partial charge in [0.05, 0.1) is 11.1 Å². The van der Waals surface area contributed by atoms with Crippen molar-refractivity contribution < 1.29 is 27.5 Å². The third-order valence-electron chi connectivity index (χ3n) is 2.91. The van der Waals surface area contributed by atoms with Crippen LogP contribution in [0.1, 0.15) is 21.5 Å². The molecule has 0 unspecified atom stereocenters. The molecule has 6 heteroatoms. The molecule has 0 saturated heterocycles. The number of rotatable bonds is 3. The molecule has 0 bridgehead atoms. The number of halogens is 4. The molecule has 0 spiro atoms. The van der Waals surface area contributed by atoms with E-state index in [4.69, 9.17) is 5.11 Å². The van der Waals surface area contributed by atoms with Crippen LogP contribution in [0.25, 0.3) is 0 Å². The van der Waals surface area contributed by atoms with E-state index in [0.29, 0.717) is 11.6 Å². The maximum Gasteiger partial charge on any atom is 0.419 e. The Hall–Kier alpha value is -2.37. The number of hydrogen-bond donors (Lipinski definition) is 1. The fourth-order valence-electron chi connectivity index (χ4n) is 1.86. The van der Waals surface area contributed by atoms with Gasteiger partial charge in [-0.25, -0.2) is 4.39 Å². The molecule has 1 N–H and O–H groups in total. The summed E-state index contributed by atoms with van der Waals surface area (Å²) in [5.74, 6) is -2.32. The third-order valence-corrected chi connectivity index (χ3v) is 2.91. The van der Waals surface area contributed by atoms with Gasteiger partial charge in [-0.1, -0.05) is 18.2 Å². The van der Waals surface area contributed by atoms with Crippen molar-refractivity contribution in [3.05, 3.63) is 65.0 Å². The van der Waals surface area contributed by atoms with Crippen LogP contribution < -0.4 is 0 Å². The zero-order valence-electron chi connectivity index (χ0n) is 10.6. The van der Waals surface area contributed by atoms with Crippen molar-refractivity contribution in [2.45, 2.75) is 12.6 Å². The average molecular weight is 298 g/mol. The van der Waals surface area contributed by atoms with E-state index in [2.05, 4.69) is 0 Å². The van der Waals surface area contributed by atoms with Crippen molar-refractivity contribution >= 4 is 5.78 Å². The lowest BCUT2D eigenvalue weighted by Crippen LogP contribution is -2.13. The van der Waals surface area contributed by atoms with Crippen LogP contribution in [0.5, 0.6) is 5.75 Å². The maximum atomic E-state index is 13.8. The van der Waals surface area contributed by atoms with E-state index in [1.54, 1.807) is 0 Å². The lowest BCUT2D eigenvalue weighted by atomic mass is 10.00. The quantitative estimate of drug-likeness (QED) is 0.687. The minimum Gasteiger partial charge on any atom is -0.508 e. The molecular formula is C15H10F4O2. The van der Waals surface area contributed by atoms with E-state index >= 15 is 0 Å².